The van der Waals surface area contributed by atoms with Crippen molar-refractivity contribution in [2.45, 2.75) is 12.0 Å². The highest BCUT2D eigenvalue weighted by atomic mass is 16.6. The summed E-state index contributed by atoms with van der Waals surface area (Å²) < 4.78 is 10.3. The molecule has 7 nitrogen and oxygen atoms in total. The van der Waals surface area contributed by atoms with Gasteiger partial charge in [-0.3, -0.25) is 14.9 Å². The molecule has 0 aromatic heterocycles. The standard InChI is InChI=1S/C17H13NO6/c1-23-17(20)14-12-4-2-3-5-13(12)16(19)24-15(14)10-6-8-11(9-7-10)18(21)22/h2-9,14-15H,1H3/t14-,15+/m1/s1. The second-order valence-electron chi connectivity index (χ2n) is 5.26. The summed E-state index contributed by atoms with van der Waals surface area (Å²) in [5, 5.41) is 10.8. The van der Waals surface area contributed by atoms with E-state index in [4.69, 9.17) is 9.47 Å². The molecule has 7 heteroatoms. The Kier molecular flexibility index (Phi) is 3.99. The lowest BCUT2D eigenvalue weighted by Crippen LogP contribution is -2.31. The first kappa shape index (κ1) is 15.7. The minimum Gasteiger partial charge on any atom is -0.468 e. The minimum absolute atomic E-state index is 0.0871. The predicted molar refractivity (Wildman–Crippen MR) is 82.5 cm³/mol. The van der Waals surface area contributed by atoms with E-state index in [2.05, 4.69) is 0 Å². The van der Waals surface area contributed by atoms with Crippen LogP contribution in [-0.2, 0) is 14.3 Å². The summed E-state index contributed by atoms with van der Waals surface area (Å²) in [6.07, 6.45) is -0.902. The van der Waals surface area contributed by atoms with Gasteiger partial charge in [-0.2, -0.15) is 0 Å². The lowest BCUT2D eigenvalue weighted by atomic mass is 9.84. The van der Waals surface area contributed by atoms with Gasteiger partial charge in [0.15, 0.2) is 0 Å². The van der Waals surface area contributed by atoms with Crippen LogP contribution in [0.1, 0.15) is 33.5 Å². The van der Waals surface area contributed by atoms with Gasteiger partial charge in [0.2, 0.25) is 0 Å². The van der Waals surface area contributed by atoms with E-state index in [9.17, 15) is 19.7 Å². The molecule has 2 atom stereocenters. The molecular weight excluding hydrogens is 314 g/mol. The molecule has 0 aliphatic carbocycles. The van der Waals surface area contributed by atoms with Crippen LogP contribution in [0.2, 0.25) is 0 Å². The third-order valence-electron chi connectivity index (χ3n) is 3.94. The normalized spacial score (nSPS) is 19.1. The van der Waals surface area contributed by atoms with Crippen LogP contribution < -0.4 is 0 Å². The number of carbonyl (C=O) groups is 2. The summed E-state index contributed by atoms with van der Waals surface area (Å²) in [5.74, 6) is -1.92. The van der Waals surface area contributed by atoms with Crippen molar-refractivity contribution in [1.82, 2.24) is 0 Å². The number of nitrogens with zero attached hydrogens (tertiary/aromatic N) is 1. The molecule has 0 amide bonds. The van der Waals surface area contributed by atoms with Crippen LogP contribution in [0.25, 0.3) is 0 Å². The monoisotopic (exact) mass is 327 g/mol. The number of nitro benzene ring substituents is 1. The van der Waals surface area contributed by atoms with Gasteiger partial charge in [-0.15, -0.1) is 0 Å². The number of nitro groups is 1. The van der Waals surface area contributed by atoms with Crippen molar-refractivity contribution in [3.8, 4) is 0 Å². The van der Waals surface area contributed by atoms with E-state index >= 15 is 0 Å². The van der Waals surface area contributed by atoms with Gasteiger partial charge in [0, 0.05) is 12.1 Å². The first-order chi connectivity index (χ1) is 11.5. The summed E-state index contributed by atoms with van der Waals surface area (Å²) in [6.45, 7) is 0. The summed E-state index contributed by atoms with van der Waals surface area (Å²) >= 11 is 0. The SMILES string of the molecule is COC(=O)[C@@H]1c2ccccc2C(=O)O[C@H]1c1ccc([N+](=O)[O-])cc1. The molecule has 1 aliphatic rings. The van der Waals surface area contributed by atoms with Gasteiger partial charge < -0.3 is 9.47 Å². The van der Waals surface area contributed by atoms with Crippen LogP contribution in [0.3, 0.4) is 0 Å². The number of cyclic esters (lactones) is 1. The minimum atomic E-state index is -0.902. The second-order valence-corrected chi connectivity index (χ2v) is 5.26. The number of rotatable bonds is 3. The van der Waals surface area contributed by atoms with Gasteiger partial charge in [0.1, 0.15) is 12.0 Å². The van der Waals surface area contributed by atoms with Crippen LogP contribution in [-0.4, -0.2) is 24.0 Å². The Morgan fingerprint density at radius 3 is 2.46 bits per heavy atom. The maximum atomic E-state index is 12.3. The molecule has 24 heavy (non-hydrogen) atoms. The largest absolute Gasteiger partial charge is 0.468 e. The molecule has 2 aromatic rings. The van der Waals surface area contributed by atoms with Gasteiger partial charge in [0.25, 0.3) is 5.69 Å². The molecule has 0 spiro atoms. The molecule has 0 fully saturated rings. The molecule has 0 saturated heterocycles. The lowest BCUT2D eigenvalue weighted by molar-refractivity contribution is -0.384. The van der Waals surface area contributed by atoms with E-state index in [0.29, 0.717) is 16.7 Å². The van der Waals surface area contributed by atoms with E-state index < -0.39 is 28.9 Å². The Morgan fingerprint density at radius 2 is 1.83 bits per heavy atom. The number of carbonyl (C=O) groups excluding carboxylic acids is 2. The van der Waals surface area contributed by atoms with E-state index in [1.54, 1.807) is 24.3 Å². The lowest BCUT2D eigenvalue weighted by Gasteiger charge is -2.31. The summed E-state index contributed by atoms with van der Waals surface area (Å²) in [7, 11) is 1.26. The number of hydrogen-bond acceptors (Lipinski definition) is 6. The zero-order chi connectivity index (χ0) is 17.3. The van der Waals surface area contributed by atoms with Crippen molar-refractivity contribution < 1.29 is 24.0 Å². The average Bonchev–Trinajstić information content (AvgIpc) is 2.61. The summed E-state index contributed by atoms with van der Waals surface area (Å²) in [5.41, 5.74) is 1.23. The van der Waals surface area contributed by atoms with Gasteiger partial charge in [-0.05, 0) is 29.3 Å². The van der Waals surface area contributed by atoms with Crippen LogP contribution >= 0.6 is 0 Å². The maximum absolute atomic E-state index is 12.3. The molecule has 122 valence electrons. The number of ether oxygens (including phenoxy) is 2. The smallest absolute Gasteiger partial charge is 0.339 e. The summed E-state index contributed by atoms with van der Waals surface area (Å²) in [6, 6.07) is 12.2. The Hall–Kier alpha value is -3.22. The van der Waals surface area contributed by atoms with Crippen molar-refractivity contribution in [3.05, 3.63) is 75.3 Å². The highest BCUT2D eigenvalue weighted by Crippen LogP contribution is 2.41. The van der Waals surface area contributed by atoms with E-state index in [0.717, 1.165) is 0 Å². The second kappa shape index (κ2) is 6.11. The third-order valence-corrected chi connectivity index (χ3v) is 3.94. The molecule has 0 bridgehead atoms. The Morgan fingerprint density at radius 1 is 1.17 bits per heavy atom. The molecule has 1 aliphatic heterocycles. The van der Waals surface area contributed by atoms with Crippen LogP contribution in [0.4, 0.5) is 5.69 Å². The number of fused-ring (bicyclic) bond motifs is 1. The zero-order valence-corrected chi connectivity index (χ0v) is 12.7. The topological polar surface area (TPSA) is 95.7 Å². The average molecular weight is 327 g/mol. The van der Waals surface area contributed by atoms with Crippen molar-refractivity contribution in [2.75, 3.05) is 7.11 Å². The third kappa shape index (κ3) is 2.60. The number of non-ortho nitro benzene ring substituents is 1. The van der Waals surface area contributed by atoms with Crippen LogP contribution in [0.5, 0.6) is 0 Å². The zero-order valence-electron chi connectivity index (χ0n) is 12.7. The van der Waals surface area contributed by atoms with Crippen molar-refractivity contribution in [3.63, 3.8) is 0 Å². The van der Waals surface area contributed by atoms with Gasteiger partial charge >= 0.3 is 11.9 Å². The van der Waals surface area contributed by atoms with Crippen molar-refractivity contribution >= 4 is 17.6 Å². The number of esters is 2. The predicted octanol–water partition coefficient (Wildman–Crippen LogP) is 2.76. The number of methoxy groups -OCH3 is 1. The number of hydrogen-bond donors (Lipinski definition) is 0. The fourth-order valence-corrected chi connectivity index (χ4v) is 2.79. The summed E-state index contributed by atoms with van der Waals surface area (Å²) in [4.78, 5) is 34.7. The van der Waals surface area contributed by atoms with Crippen LogP contribution in [0.15, 0.2) is 48.5 Å². The molecule has 0 radical (unpaired) electrons. The van der Waals surface area contributed by atoms with Crippen molar-refractivity contribution in [2.24, 2.45) is 0 Å². The molecular formula is C17H13NO6. The maximum Gasteiger partial charge on any atom is 0.339 e. The highest BCUT2D eigenvalue weighted by molar-refractivity contribution is 5.96. The van der Waals surface area contributed by atoms with E-state index in [1.807, 2.05) is 0 Å². The fourth-order valence-electron chi connectivity index (χ4n) is 2.79. The molecule has 0 saturated carbocycles. The number of benzene rings is 2. The molecule has 1 heterocycles. The first-order valence-electron chi connectivity index (χ1n) is 7.15. The Bertz CT molecular complexity index is 814. The highest BCUT2D eigenvalue weighted by Gasteiger charge is 2.41. The van der Waals surface area contributed by atoms with Gasteiger partial charge in [-0.25, -0.2) is 4.79 Å². The van der Waals surface area contributed by atoms with Gasteiger partial charge in [-0.1, -0.05) is 18.2 Å². The Balaban J connectivity index is 2.07. The molecule has 0 N–H and O–H groups in total. The quantitative estimate of drug-likeness (QED) is 0.488. The molecule has 3 rings (SSSR count). The molecule has 0 unspecified atom stereocenters. The first-order valence-corrected chi connectivity index (χ1v) is 7.15. The van der Waals surface area contributed by atoms with Crippen molar-refractivity contribution in [1.29, 1.82) is 0 Å². The molecule has 2 aromatic carbocycles. The van der Waals surface area contributed by atoms with E-state index in [-0.39, 0.29) is 5.69 Å². The fraction of sp³-hybridized carbons (Fsp3) is 0.176. The van der Waals surface area contributed by atoms with E-state index in [1.165, 1.54) is 31.4 Å². The Labute approximate surface area is 137 Å². The van der Waals surface area contributed by atoms with Gasteiger partial charge in [0.05, 0.1) is 17.6 Å². The van der Waals surface area contributed by atoms with Crippen LogP contribution in [0, 0.1) is 10.1 Å².